The number of amides is 1. The molecule has 3 heterocycles. The number of aromatic nitrogens is 2. The molecular formula is C17H15N3O2S. The van der Waals surface area contributed by atoms with Gasteiger partial charge < -0.3 is 9.64 Å². The van der Waals surface area contributed by atoms with Crippen LogP contribution in [0.3, 0.4) is 0 Å². The molecular weight excluding hydrogens is 310 g/mol. The number of pyridine rings is 1. The monoisotopic (exact) mass is 325 g/mol. The summed E-state index contributed by atoms with van der Waals surface area (Å²) in [6.07, 6.45) is 1.74. The second-order valence-corrected chi connectivity index (χ2v) is 6.44. The van der Waals surface area contributed by atoms with E-state index in [-0.39, 0.29) is 12.0 Å². The van der Waals surface area contributed by atoms with Crippen LogP contribution in [0, 0.1) is 6.92 Å². The third kappa shape index (κ3) is 2.66. The maximum atomic E-state index is 12.7. The molecule has 0 N–H and O–H groups in total. The van der Waals surface area contributed by atoms with Crippen LogP contribution in [0.2, 0.25) is 0 Å². The molecule has 1 saturated heterocycles. The second kappa shape index (κ2) is 5.62. The van der Waals surface area contributed by atoms with Crippen LogP contribution < -0.4 is 4.74 Å². The summed E-state index contributed by atoms with van der Waals surface area (Å²) in [5.41, 5.74) is 2.33. The van der Waals surface area contributed by atoms with Crippen molar-refractivity contribution >= 4 is 28.1 Å². The molecule has 0 bridgehead atoms. The lowest BCUT2D eigenvalue weighted by molar-refractivity contribution is 0.0178. The number of carbonyl (C=O) groups excluding carboxylic acids is 1. The molecule has 0 spiro atoms. The molecule has 23 heavy (non-hydrogen) atoms. The number of fused-ring (bicyclic) bond motifs is 1. The molecule has 1 aliphatic heterocycles. The van der Waals surface area contributed by atoms with E-state index in [1.807, 2.05) is 42.6 Å². The van der Waals surface area contributed by atoms with E-state index in [1.54, 1.807) is 11.1 Å². The van der Waals surface area contributed by atoms with Crippen molar-refractivity contribution < 1.29 is 9.53 Å². The van der Waals surface area contributed by atoms with Crippen molar-refractivity contribution in [1.29, 1.82) is 0 Å². The molecule has 5 nitrogen and oxygen atoms in total. The maximum Gasteiger partial charge on any atom is 0.273 e. The van der Waals surface area contributed by atoms with Crippen molar-refractivity contribution in [2.24, 2.45) is 0 Å². The van der Waals surface area contributed by atoms with Crippen molar-refractivity contribution in [2.75, 3.05) is 13.1 Å². The summed E-state index contributed by atoms with van der Waals surface area (Å²) in [4.78, 5) is 23.1. The number of ether oxygens (including phenoxy) is 1. The molecule has 3 aromatic rings. The van der Waals surface area contributed by atoms with E-state index in [4.69, 9.17) is 4.74 Å². The second-order valence-electron chi connectivity index (χ2n) is 5.58. The summed E-state index contributed by atoms with van der Waals surface area (Å²) >= 11 is 1.46. The first kappa shape index (κ1) is 14.1. The van der Waals surface area contributed by atoms with Gasteiger partial charge >= 0.3 is 0 Å². The van der Waals surface area contributed by atoms with Crippen molar-refractivity contribution in [2.45, 2.75) is 13.0 Å². The average Bonchev–Trinajstić information content (AvgIpc) is 3.02. The quantitative estimate of drug-likeness (QED) is 0.743. The van der Waals surface area contributed by atoms with Crippen LogP contribution in [0.1, 0.15) is 16.1 Å². The Hall–Kier alpha value is -2.47. The lowest BCUT2D eigenvalue weighted by atomic mass is 10.1. The Balaban J connectivity index is 1.51. The molecule has 1 aliphatic rings. The normalized spacial score (nSPS) is 14.7. The average molecular weight is 325 g/mol. The van der Waals surface area contributed by atoms with Gasteiger partial charge in [-0.1, -0.05) is 29.5 Å². The summed E-state index contributed by atoms with van der Waals surface area (Å²) in [6.45, 7) is 3.10. The first-order valence-electron chi connectivity index (χ1n) is 7.42. The summed E-state index contributed by atoms with van der Waals surface area (Å²) < 4.78 is 5.71. The summed E-state index contributed by atoms with van der Waals surface area (Å²) in [5, 5.41) is 3.52. The van der Waals surface area contributed by atoms with Gasteiger partial charge in [0.05, 0.1) is 24.2 Å². The molecule has 2 aromatic heterocycles. The first-order valence-corrected chi connectivity index (χ1v) is 8.30. The predicted molar refractivity (Wildman–Crippen MR) is 88.9 cm³/mol. The van der Waals surface area contributed by atoms with E-state index in [1.165, 1.54) is 11.3 Å². The maximum absolute atomic E-state index is 12.7. The fraction of sp³-hybridized carbons (Fsp3) is 0.235. The molecule has 0 radical (unpaired) electrons. The minimum atomic E-state index is 0.00712. The Morgan fingerprint density at radius 1 is 1.30 bits per heavy atom. The number of hydrogen-bond acceptors (Lipinski definition) is 5. The third-order valence-corrected chi connectivity index (χ3v) is 4.56. The van der Waals surface area contributed by atoms with Gasteiger partial charge in [-0.2, -0.15) is 0 Å². The summed E-state index contributed by atoms with van der Waals surface area (Å²) in [5.74, 6) is 0.00712. The number of para-hydroxylation sites is 1. The van der Waals surface area contributed by atoms with E-state index < -0.39 is 0 Å². The number of thiazole rings is 1. The topological polar surface area (TPSA) is 55.3 Å². The zero-order chi connectivity index (χ0) is 15.8. The molecule has 1 fully saturated rings. The van der Waals surface area contributed by atoms with Gasteiger partial charge in [0.1, 0.15) is 6.10 Å². The van der Waals surface area contributed by atoms with Crippen LogP contribution in [-0.4, -0.2) is 40.0 Å². The molecule has 0 atom stereocenters. The van der Waals surface area contributed by atoms with Gasteiger partial charge in [-0.25, -0.2) is 4.98 Å². The molecule has 1 aromatic carbocycles. The van der Waals surface area contributed by atoms with Crippen LogP contribution >= 0.6 is 11.3 Å². The number of aryl methyl sites for hydroxylation is 1. The number of nitrogens with zero attached hydrogens (tertiary/aromatic N) is 3. The highest BCUT2D eigenvalue weighted by Gasteiger charge is 2.34. The van der Waals surface area contributed by atoms with Crippen LogP contribution in [0.25, 0.3) is 10.9 Å². The van der Waals surface area contributed by atoms with Gasteiger partial charge in [-0.3, -0.25) is 9.78 Å². The van der Waals surface area contributed by atoms with E-state index in [0.29, 0.717) is 23.8 Å². The molecule has 1 amide bonds. The number of rotatable bonds is 3. The van der Waals surface area contributed by atoms with Crippen molar-refractivity contribution in [3.63, 3.8) is 0 Å². The van der Waals surface area contributed by atoms with E-state index in [2.05, 4.69) is 9.97 Å². The number of likely N-dealkylation sites (tertiary alicyclic amines) is 1. The van der Waals surface area contributed by atoms with Gasteiger partial charge in [0.25, 0.3) is 11.1 Å². The first-order chi connectivity index (χ1) is 11.2. The van der Waals surface area contributed by atoms with E-state index in [9.17, 15) is 4.79 Å². The summed E-state index contributed by atoms with van der Waals surface area (Å²) in [7, 11) is 0. The predicted octanol–water partition coefficient (Wildman–Crippen LogP) is 2.90. The van der Waals surface area contributed by atoms with Crippen molar-refractivity contribution in [3.8, 4) is 5.19 Å². The van der Waals surface area contributed by atoms with E-state index >= 15 is 0 Å². The number of carbonyl (C=O) groups is 1. The Bertz CT molecular complexity index is 857. The standard InChI is InChI=1S/C17H15N3O2S/c1-11-5-6-12-3-2-4-14(15(12)19-11)16(21)20-9-13(10-20)22-17-18-7-8-23-17/h2-8,13H,9-10H2,1H3. The van der Waals surface area contributed by atoms with Crippen molar-refractivity contribution in [1.82, 2.24) is 14.9 Å². The lowest BCUT2D eigenvalue weighted by Crippen LogP contribution is -2.56. The zero-order valence-corrected chi connectivity index (χ0v) is 13.4. The molecule has 4 rings (SSSR count). The fourth-order valence-electron chi connectivity index (χ4n) is 2.68. The Labute approximate surface area is 137 Å². The van der Waals surface area contributed by atoms with Gasteiger partial charge in [0.15, 0.2) is 0 Å². The molecule has 6 heteroatoms. The van der Waals surface area contributed by atoms with E-state index in [0.717, 1.165) is 16.6 Å². The van der Waals surface area contributed by atoms with Gasteiger partial charge in [-0.15, -0.1) is 0 Å². The molecule has 0 aliphatic carbocycles. The highest BCUT2D eigenvalue weighted by atomic mass is 32.1. The number of hydrogen-bond donors (Lipinski definition) is 0. The third-order valence-electron chi connectivity index (χ3n) is 3.90. The lowest BCUT2D eigenvalue weighted by Gasteiger charge is -2.38. The smallest absolute Gasteiger partial charge is 0.273 e. The molecule has 0 unspecified atom stereocenters. The fourth-order valence-corrected chi connectivity index (χ4v) is 3.23. The zero-order valence-electron chi connectivity index (χ0n) is 12.6. The Kier molecular flexibility index (Phi) is 3.46. The number of benzene rings is 1. The molecule has 0 saturated carbocycles. The minimum absolute atomic E-state index is 0.00712. The van der Waals surface area contributed by atoms with Crippen molar-refractivity contribution in [3.05, 3.63) is 53.2 Å². The van der Waals surface area contributed by atoms with Crippen LogP contribution in [-0.2, 0) is 0 Å². The van der Waals surface area contributed by atoms with Crippen LogP contribution in [0.4, 0.5) is 0 Å². The highest BCUT2D eigenvalue weighted by Crippen LogP contribution is 2.24. The van der Waals surface area contributed by atoms with Crippen LogP contribution in [0.5, 0.6) is 5.19 Å². The van der Waals surface area contributed by atoms with Gasteiger partial charge in [0.2, 0.25) is 0 Å². The highest BCUT2D eigenvalue weighted by molar-refractivity contribution is 7.11. The van der Waals surface area contributed by atoms with Gasteiger partial charge in [-0.05, 0) is 19.1 Å². The largest absolute Gasteiger partial charge is 0.463 e. The summed E-state index contributed by atoms with van der Waals surface area (Å²) in [6, 6.07) is 9.67. The molecule has 116 valence electrons. The Morgan fingerprint density at radius 2 is 2.17 bits per heavy atom. The minimum Gasteiger partial charge on any atom is -0.463 e. The van der Waals surface area contributed by atoms with Crippen LogP contribution in [0.15, 0.2) is 41.9 Å². The Morgan fingerprint density at radius 3 is 2.96 bits per heavy atom. The van der Waals surface area contributed by atoms with Gasteiger partial charge in [0, 0.05) is 22.7 Å². The SMILES string of the molecule is Cc1ccc2cccc(C(=O)N3CC(Oc4nccs4)C3)c2n1.